The predicted molar refractivity (Wildman–Crippen MR) is 78.2 cm³/mol. The Hall–Kier alpha value is -1.09. The number of benzene rings is 2. The molecule has 0 spiro atoms. The molecule has 2 aromatic rings. The van der Waals surface area contributed by atoms with Gasteiger partial charge in [0.25, 0.3) is 0 Å². The van der Waals surface area contributed by atoms with Crippen molar-refractivity contribution in [3.05, 3.63) is 70.5 Å². The van der Waals surface area contributed by atoms with Crippen molar-refractivity contribution in [1.82, 2.24) is 5.32 Å². The molecule has 0 radical (unpaired) electrons. The molecule has 2 rings (SSSR count). The topological polar surface area (TPSA) is 12.0 Å². The highest BCUT2D eigenvalue weighted by atomic mass is 35.5. The zero-order chi connectivity index (χ0) is 13.7. The molecule has 0 aliphatic heterocycles. The molecule has 1 N–H and O–H groups in total. The zero-order valence-electron chi connectivity index (χ0n) is 10.2. The normalized spacial score (nSPS) is 12.4. The SMILES string of the molecule is Fc1ccc(CNCC(Cl)c2ccccc2)cc1Cl. The lowest BCUT2D eigenvalue weighted by atomic mass is 10.1. The van der Waals surface area contributed by atoms with Crippen LogP contribution in [0.4, 0.5) is 4.39 Å². The van der Waals surface area contributed by atoms with Gasteiger partial charge in [0.15, 0.2) is 0 Å². The van der Waals surface area contributed by atoms with Gasteiger partial charge in [0, 0.05) is 13.1 Å². The summed E-state index contributed by atoms with van der Waals surface area (Å²) in [4.78, 5) is 0. The fourth-order valence-corrected chi connectivity index (χ4v) is 2.23. The van der Waals surface area contributed by atoms with Gasteiger partial charge in [-0.2, -0.15) is 0 Å². The highest BCUT2D eigenvalue weighted by Gasteiger charge is 2.07. The molecule has 0 heterocycles. The van der Waals surface area contributed by atoms with E-state index in [1.807, 2.05) is 30.3 Å². The van der Waals surface area contributed by atoms with Crippen molar-refractivity contribution >= 4 is 23.2 Å². The second kappa shape index (κ2) is 6.90. The van der Waals surface area contributed by atoms with Crippen LogP contribution in [0, 0.1) is 5.82 Å². The van der Waals surface area contributed by atoms with Crippen LogP contribution in [0.2, 0.25) is 5.02 Å². The molecule has 0 amide bonds. The van der Waals surface area contributed by atoms with Crippen LogP contribution in [0.25, 0.3) is 0 Å². The lowest BCUT2D eigenvalue weighted by Gasteiger charge is -2.11. The molecule has 0 aliphatic carbocycles. The van der Waals surface area contributed by atoms with Crippen molar-refractivity contribution in [2.45, 2.75) is 11.9 Å². The van der Waals surface area contributed by atoms with E-state index in [1.165, 1.54) is 6.07 Å². The van der Waals surface area contributed by atoms with Gasteiger partial charge in [0.1, 0.15) is 5.82 Å². The molecule has 2 aromatic carbocycles. The van der Waals surface area contributed by atoms with Crippen molar-refractivity contribution in [2.24, 2.45) is 0 Å². The molecule has 0 fully saturated rings. The summed E-state index contributed by atoms with van der Waals surface area (Å²) >= 11 is 12.0. The van der Waals surface area contributed by atoms with E-state index < -0.39 is 5.82 Å². The lowest BCUT2D eigenvalue weighted by Crippen LogP contribution is -2.18. The van der Waals surface area contributed by atoms with Crippen molar-refractivity contribution in [3.8, 4) is 0 Å². The molecule has 4 heteroatoms. The van der Waals surface area contributed by atoms with E-state index >= 15 is 0 Å². The average Bonchev–Trinajstić information content (AvgIpc) is 2.43. The van der Waals surface area contributed by atoms with Gasteiger partial charge in [-0.3, -0.25) is 0 Å². The Morgan fingerprint density at radius 1 is 1.11 bits per heavy atom. The number of hydrogen-bond donors (Lipinski definition) is 1. The third kappa shape index (κ3) is 4.20. The minimum absolute atomic E-state index is 0.0860. The van der Waals surface area contributed by atoms with Crippen LogP contribution in [-0.2, 0) is 6.54 Å². The molecule has 1 unspecified atom stereocenters. The highest BCUT2D eigenvalue weighted by Crippen LogP contribution is 2.19. The van der Waals surface area contributed by atoms with Gasteiger partial charge in [-0.25, -0.2) is 4.39 Å². The van der Waals surface area contributed by atoms with E-state index in [-0.39, 0.29) is 10.4 Å². The Morgan fingerprint density at radius 2 is 1.84 bits per heavy atom. The second-order valence-corrected chi connectivity index (χ2v) is 5.19. The third-order valence-electron chi connectivity index (χ3n) is 2.80. The molecule has 1 atom stereocenters. The maximum atomic E-state index is 13.0. The van der Waals surface area contributed by atoms with Crippen LogP contribution >= 0.6 is 23.2 Å². The van der Waals surface area contributed by atoms with Gasteiger partial charge in [-0.15, -0.1) is 11.6 Å². The molecule has 0 aliphatic rings. The number of alkyl halides is 1. The summed E-state index contributed by atoms with van der Waals surface area (Å²) in [5, 5.41) is 3.29. The number of halogens is 3. The van der Waals surface area contributed by atoms with Crippen LogP contribution in [0.1, 0.15) is 16.5 Å². The van der Waals surface area contributed by atoms with E-state index in [4.69, 9.17) is 23.2 Å². The third-order valence-corrected chi connectivity index (χ3v) is 3.49. The lowest BCUT2D eigenvalue weighted by molar-refractivity contribution is 0.625. The van der Waals surface area contributed by atoms with Crippen molar-refractivity contribution in [3.63, 3.8) is 0 Å². The van der Waals surface area contributed by atoms with Crippen LogP contribution in [-0.4, -0.2) is 6.54 Å². The first-order valence-corrected chi connectivity index (χ1v) is 6.82. The summed E-state index contributed by atoms with van der Waals surface area (Å²) in [6.45, 7) is 1.25. The van der Waals surface area contributed by atoms with Crippen LogP contribution in [0.3, 0.4) is 0 Å². The number of hydrogen-bond acceptors (Lipinski definition) is 1. The fourth-order valence-electron chi connectivity index (χ4n) is 1.77. The first kappa shape index (κ1) is 14.3. The van der Waals surface area contributed by atoms with E-state index in [0.29, 0.717) is 13.1 Å². The summed E-state index contributed by atoms with van der Waals surface area (Å²) in [5.41, 5.74) is 2.01. The monoisotopic (exact) mass is 297 g/mol. The molecule has 100 valence electrons. The van der Waals surface area contributed by atoms with Gasteiger partial charge in [-0.1, -0.05) is 48.0 Å². The fraction of sp³-hybridized carbons (Fsp3) is 0.200. The highest BCUT2D eigenvalue weighted by molar-refractivity contribution is 6.30. The average molecular weight is 298 g/mol. The Kier molecular flexibility index (Phi) is 5.20. The molecule has 0 aromatic heterocycles. The van der Waals surface area contributed by atoms with Crippen LogP contribution in [0.15, 0.2) is 48.5 Å². The van der Waals surface area contributed by atoms with E-state index in [0.717, 1.165) is 11.1 Å². The Labute approximate surface area is 122 Å². The second-order valence-electron chi connectivity index (χ2n) is 4.26. The van der Waals surface area contributed by atoms with Gasteiger partial charge < -0.3 is 5.32 Å². The maximum absolute atomic E-state index is 13.0. The summed E-state index contributed by atoms with van der Waals surface area (Å²) in [7, 11) is 0. The molecule has 0 saturated heterocycles. The minimum Gasteiger partial charge on any atom is -0.311 e. The quantitative estimate of drug-likeness (QED) is 0.799. The zero-order valence-corrected chi connectivity index (χ0v) is 11.8. The molecular formula is C15H14Cl2FN. The Morgan fingerprint density at radius 3 is 2.53 bits per heavy atom. The standard InChI is InChI=1S/C15H14Cl2FN/c16-13-8-11(6-7-15(13)18)9-19-10-14(17)12-4-2-1-3-5-12/h1-8,14,19H,9-10H2. The first-order chi connectivity index (χ1) is 9.16. The van der Waals surface area contributed by atoms with Crippen molar-refractivity contribution < 1.29 is 4.39 Å². The smallest absolute Gasteiger partial charge is 0.141 e. The van der Waals surface area contributed by atoms with Crippen molar-refractivity contribution in [2.75, 3.05) is 6.54 Å². The molecule has 19 heavy (non-hydrogen) atoms. The van der Waals surface area contributed by atoms with Gasteiger partial charge >= 0.3 is 0 Å². The van der Waals surface area contributed by atoms with Gasteiger partial charge in [0.05, 0.1) is 10.4 Å². The van der Waals surface area contributed by atoms with Gasteiger partial charge in [-0.05, 0) is 23.3 Å². The summed E-state index contributed by atoms with van der Waals surface area (Å²) < 4.78 is 13.0. The molecule has 0 saturated carbocycles. The minimum atomic E-state index is -0.398. The molecule has 0 bridgehead atoms. The largest absolute Gasteiger partial charge is 0.311 e. The Bertz CT molecular complexity index is 531. The number of nitrogens with one attached hydrogen (secondary N) is 1. The van der Waals surface area contributed by atoms with Crippen molar-refractivity contribution in [1.29, 1.82) is 0 Å². The summed E-state index contributed by atoms with van der Waals surface area (Å²) in [6.07, 6.45) is 0. The van der Waals surface area contributed by atoms with E-state index in [9.17, 15) is 4.39 Å². The maximum Gasteiger partial charge on any atom is 0.141 e. The summed E-state index contributed by atoms with van der Waals surface area (Å²) in [5.74, 6) is -0.398. The van der Waals surface area contributed by atoms with Crippen LogP contribution < -0.4 is 5.32 Å². The van der Waals surface area contributed by atoms with E-state index in [1.54, 1.807) is 12.1 Å². The molecular weight excluding hydrogens is 284 g/mol. The first-order valence-electron chi connectivity index (χ1n) is 6.00. The van der Waals surface area contributed by atoms with Gasteiger partial charge in [0.2, 0.25) is 0 Å². The Balaban J connectivity index is 1.85. The number of rotatable bonds is 5. The summed E-state index contributed by atoms with van der Waals surface area (Å²) in [6, 6.07) is 14.6. The van der Waals surface area contributed by atoms with E-state index in [2.05, 4.69) is 5.32 Å². The van der Waals surface area contributed by atoms with Crippen LogP contribution in [0.5, 0.6) is 0 Å². The molecule has 1 nitrogen and oxygen atoms in total. The predicted octanol–water partition coefficient (Wildman–Crippen LogP) is 4.55.